The number of unbranched alkanes of at least 4 members (excludes halogenated alkanes) is 4. The van der Waals surface area contributed by atoms with Crippen LogP contribution in [0.3, 0.4) is 0 Å². The summed E-state index contributed by atoms with van der Waals surface area (Å²) in [6.07, 6.45) is 5.44. The van der Waals surface area contributed by atoms with E-state index in [-0.39, 0.29) is 0 Å². The zero-order valence-corrected chi connectivity index (χ0v) is 21.0. The minimum absolute atomic E-state index is 0.304. The minimum atomic E-state index is -5.93. The molecule has 35 heavy (non-hydrogen) atoms. The van der Waals surface area contributed by atoms with E-state index in [2.05, 4.69) is 6.92 Å². The molecular formula is C26H29F3O4S2. The summed E-state index contributed by atoms with van der Waals surface area (Å²) in [7, 11) is -9.22. The first-order chi connectivity index (χ1) is 16.7. The van der Waals surface area contributed by atoms with Crippen molar-refractivity contribution in [2.75, 3.05) is 6.61 Å². The van der Waals surface area contributed by atoms with E-state index in [1.807, 2.05) is 0 Å². The van der Waals surface area contributed by atoms with Gasteiger partial charge in [0.15, 0.2) is 0 Å². The first-order valence-corrected chi connectivity index (χ1v) is 14.4. The molecule has 0 bridgehead atoms. The van der Waals surface area contributed by atoms with Crippen molar-refractivity contribution in [2.45, 2.75) is 59.2 Å². The van der Waals surface area contributed by atoms with Gasteiger partial charge < -0.3 is 4.74 Å². The Balaban J connectivity index is 2.03. The molecule has 0 aliphatic rings. The minimum Gasteiger partial charge on any atom is -0.494 e. The fourth-order valence-electron chi connectivity index (χ4n) is 3.55. The molecule has 4 nitrogen and oxygen atoms in total. The lowest BCUT2D eigenvalue weighted by Crippen LogP contribution is -2.27. The van der Waals surface area contributed by atoms with Crippen LogP contribution in [0, 0.1) is 0 Å². The average Bonchev–Trinajstić information content (AvgIpc) is 2.85. The fraction of sp³-hybridized carbons (Fsp3) is 0.308. The summed E-state index contributed by atoms with van der Waals surface area (Å²) in [5.41, 5.74) is -5.57. The lowest BCUT2D eigenvalue weighted by Gasteiger charge is -2.39. The Hall–Kier alpha value is -2.49. The smallest absolute Gasteiger partial charge is 0.494 e. The summed E-state index contributed by atoms with van der Waals surface area (Å²) < 4.78 is 76.2. The van der Waals surface area contributed by atoms with E-state index < -0.39 is 25.9 Å². The lowest BCUT2D eigenvalue weighted by molar-refractivity contribution is -0.0496. The first kappa shape index (κ1) is 27.1. The van der Waals surface area contributed by atoms with Crippen LogP contribution in [-0.4, -0.2) is 20.5 Å². The van der Waals surface area contributed by atoms with Gasteiger partial charge in [-0.05, 0) is 65.3 Å². The third kappa shape index (κ3) is 6.59. The van der Waals surface area contributed by atoms with Crippen LogP contribution in [0.15, 0.2) is 99.6 Å². The lowest BCUT2D eigenvalue weighted by atomic mass is 10.2. The Labute approximate surface area is 206 Å². The topological polar surface area (TPSA) is 52.6 Å². The standard InChI is InChI=1S/C26H29F3O4S2/c1-2-3-4-5-12-21-32-22-17-19-25(20-18-22)34(23-13-8-6-9-14-23,24-15-10-7-11-16-24)33-35(30,31)26(27,28)29/h6-11,13-20H,2-5,12,21H2,1H3. The molecule has 3 aromatic carbocycles. The van der Waals surface area contributed by atoms with Crippen molar-refractivity contribution in [1.29, 1.82) is 0 Å². The van der Waals surface area contributed by atoms with E-state index in [0.29, 0.717) is 27.0 Å². The zero-order valence-electron chi connectivity index (χ0n) is 19.4. The molecule has 0 atom stereocenters. The average molecular weight is 527 g/mol. The third-order valence-corrected chi connectivity index (χ3v) is 10.2. The molecular weight excluding hydrogens is 497 g/mol. The van der Waals surface area contributed by atoms with E-state index in [9.17, 15) is 21.6 Å². The Bertz CT molecular complexity index is 1110. The molecule has 3 aromatic rings. The van der Waals surface area contributed by atoms with Crippen LogP contribution in [0.25, 0.3) is 0 Å². The zero-order chi connectivity index (χ0) is 25.4. The summed E-state index contributed by atoms with van der Waals surface area (Å²) in [6, 6.07) is 22.7. The highest BCUT2D eigenvalue weighted by molar-refractivity contribution is 8.33. The molecule has 0 radical (unpaired) electrons. The van der Waals surface area contributed by atoms with E-state index in [4.69, 9.17) is 8.37 Å². The second-order valence-electron chi connectivity index (χ2n) is 7.88. The molecule has 0 aliphatic carbocycles. The van der Waals surface area contributed by atoms with E-state index in [1.165, 1.54) is 6.42 Å². The Morgan fingerprint density at radius 2 is 1.17 bits per heavy atom. The number of hydrogen-bond donors (Lipinski definition) is 0. The van der Waals surface area contributed by atoms with Crippen LogP contribution in [0.1, 0.15) is 39.0 Å². The molecule has 0 saturated heterocycles. The van der Waals surface area contributed by atoms with Crippen molar-refractivity contribution < 1.29 is 30.0 Å². The van der Waals surface area contributed by atoms with Gasteiger partial charge in [-0.2, -0.15) is 25.2 Å². The van der Waals surface area contributed by atoms with Crippen LogP contribution in [0.4, 0.5) is 13.2 Å². The van der Waals surface area contributed by atoms with Gasteiger partial charge in [0.1, 0.15) is 5.75 Å². The molecule has 0 amide bonds. The molecule has 0 heterocycles. The number of halogens is 3. The SMILES string of the molecule is CCCCCCCOc1ccc(S(OS(=O)(=O)C(F)(F)F)(c2ccccc2)c2ccccc2)cc1. The van der Waals surface area contributed by atoms with Crippen molar-refractivity contribution in [1.82, 2.24) is 0 Å². The second-order valence-corrected chi connectivity index (χ2v) is 12.3. The van der Waals surface area contributed by atoms with Gasteiger partial charge in [0.05, 0.1) is 6.61 Å². The van der Waals surface area contributed by atoms with E-state index in [1.54, 1.807) is 84.9 Å². The van der Waals surface area contributed by atoms with Gasteiger partial charge in [-0.1, -0.05) is 69.0 Å². The van der Waals surface area contributed by atoms with Gasteiger partial charge in [-0.15, -0.1) is 0 Å². The molecule has 0 unspecified atom stereocenters. The highest BCUT2D eigenvalue weighted by Gasteiger charge is 2.52. The summed E-state index contributed by atoms with van der Waals surface area (Å²) >= 11 is 0. The fourth-order valence-corrected chi connectivity index (χ4v) is 8.29. The number of hydrogen-bond acceptors (Lipinski definition) is 4. The summed E-state index contributed by atoms with van der Waals surface area (Å²) in [4.78, 5) is 0.949. The maximum atomic E-state index is 13.5. The van der Waals surface area contributed by atoms with Crippen molar-refractivity contribution in [2.24, 2.45) is 0 Å². The molecule has 9 heteroatoms. The van der Waals surface area contributed by atoms with Gasteiger partial charge in [-0.3, -0.25) is 0 Å². The third-order valence-electron chi connectivity index (χ3n) is 5.30. The molecule has 0 aliphatic heterocycles. The van der Waals surface area contributed by atoms with Gasteiger partial charge >= 0.3 is 15.6 Å². The highest BCUT2D eigenvalue weighted by atomic mass is 32.3. The van der Waals surface area contributed by atoms with Gasteiger partial charge in [0.25, 0.3) is 0 Å². The Morgan fingerprint density at radius 1 is 0.686 bits per heavy atom. The van der Waals surface area contributed by atoms with Crippen LogP contribution in [0.2, 0.25) is 0 Å². The number of alkyl halides is 3. The summed E-state index contributed by atoms with van der Waals surface area (Å²) in [5.74, 6) is 0.553. The Kier molecular flexibility index (Phi) is 9.27. The quantitative estimate of drug-likeness (QED) is 0.177. The van der Waals surface area contributed by atoms with Crippen molar-refractivity contribution in [3.05, 3.63) is 84.9 Å². The van der Waals surface area contributed by atoms with Gasteiger partial charge in [-0.25, -0.2) is 0 Å². The second kappa shape index (κ2) is 12.0. The van der Waals surface area contributed by atoms with Crippen LogP contribution in [0.5, 0.6) is 5.75 Å². The normalized spacial score (nSPS) is 12.9. The largest absolute Gasteiger partial charge is 0.524 e. The van der Waals surface area contributed by atoms with Crippen molar-refractivity contribution >= 4 is 20.4 Å². The number of rotatable bonds is 12. The number of benzene rings is 3. The van der Waals surface area contributed by atoms with E-state index >= 15 is 0 Å². The van der Waals surface area contributed by atoms with Gasteiger partial charge in [0.2, 0.25) is 0 Å². The van der Waals surface area contributed by atoms with E-state index in [0.717, 1.165) is 25.7 Å². The number of ether oxygens (including phenoxy) is 1. The van der Waals surface area contributed by atoms with Crippen molar-refractivity contribution in [3.63, 3.8) is 0 Å². The first-order valence-electron chi connectivity index (χ1n) is 11.4. The summed E-state index contributed by atoms with van der Waals surface area (Å²) in [6.45, 7) is 2.67. The van der Waals surface area contributed by atoms with Crippen LogP contribution >= 0.6 is 10.3 Å². The van der Waals surface area contributed by atoms with Gasteiger partial charge in [0, 0.05) is 14.7 Å². The maximum Gasteiger partial charge on any atom is 0.524 e. The predicted octanol–water partition coefficient (Wildman–Crippen LogP) is 8.10. The molecule has 3 rings (SSSR count). The predicted molar refractivity (Wildman–Crippen MR) is 132 cm³/mol. The Morgan fingerprint density at radius 3 is 1.66 bits per heavy atom. The summed E-state index contributed by atoms with van der Waals surface area (Å²) in [5, 5.41) is 0. The molecule has 0 fully saturated rings. The maximum absolute atomic E-state index is 13.5. The molecule has 0 aromatic heterocycles. The monoisotopic (exact) mass is 526 g/mol. The molecule has 0 N–H and O–H groups in total. The van der Waals surface area contributed by atoms with Crippen LogP contribution in [-0.2, 0) is 13.7 Å². The molecule has 0 spiro atoms. The molecule has 190 valence electrons. The van der Waals surface area contributed by atoms with Crippen molar-refractivity contribution in [3.8, 4) is 5.75 Å². The van der Waals surface area contributed by atoms with Crippen LogP contribution < -0.4 is 4.74 Å². The molecule has 0 saturated carbocycles. The highest BCUT2D eigenvalue weighted by Crippen LogP contribution is 2.70.